The number of carboxylic acids is 1. The van der Waals surface area contributed by atoms with Gasteiger partial charge in [-0.1, -0.05) is 50.2 Å². The van der Waals surface area contributed by atoms with Crippen LogP contribution in [0.3, 0.4) is 0 Å². The topological polar surface area (TPSA) is 95.5 Å². The van der Waals surface area contributed by atoms with Gasteiger partial charge in [0.1, 0.15) is 0 Å². The summed E-state index contributed by atoms with van der Waals surface area (Å²) in [5, 5.41) is 14.6. The Morgan fingerprint density at radius 3 is 2.31 bits per heavy atom. The first-order valence-electron chi connectivity index (χ1n) is 8.35. The molecule has 0 radical (unpaired) electrons. The predicted molar refractivity (Wildman–Crippen MR) is 98.8 cm³/mol. The van der Waals surface area contributed by atoms with Crippen LogP contribution in [0.1, 0.15) is 42.2 Å². The summed E-state index contributed by atoms with van der Waals surface area (Å²) in [6, 6.07) is 14.8. The largest absolute Gasteiger partial charge is 0.481 e. The molecule has 1 atom stereocenters. The van der Waals surface area contributed by atoms with Gasteiger partial charge in [-0.3, -0.25) is 14.4 Å². The standard InChI is InChI=1S/C20H22N2O4/c1-13(2)19(25)21-16-10-6-9-15(11-16)20(26)22-17(12-18(23)24)14-7-4-3-5-8-14/h3-11,13,17H,12H2,1-2H3,(H,21,25)(H,22,26)(H,23,24). The molecule has 0 saturated heterocycles. The number of carbonyl (C=O) groups is 3. The number of nitrogens with one attached hydrogen (secondary N) is 2. The van der Waals surface area contributed by atoms with Crippen molar-refractivity contribution >= 4 is 23.5 Å². The third kappa shape index (κ3) is 5.44. The van der Waals surface area contributed by atoms with Gasteiger partial charge >= 0.3 is 5.97 Å². The maximum atomic E-state index is 12.6. The van der Waals surface area contributed by atoms with E-state index in [2.05, 4.69) is 10.6 Å². The highest BCUT2D eigenvalue weighted by atomic mass is 16.4. The average molecular weight is 354 g/mol. The SMILES string of the molecule is CC(C)C(=O)Nc1cccc(C(=O)NC(CC(=O)O)c2ccccc2)c1. The molecule has 3 N–H and O–H groups in total. The zero-order valence-electron chi connectivity index (χ0n) is 14.7. The van der Waals surface area contributed by atoms with E-state index >= 15 is 0 Å². The van der Waals surface area contributed by atoms with Gasteiger partial charge in [0.25, 0.3) is 5.91 Å². The third-order valence-electron chi connectivity index (χ3n) is 3.80. The van der Waals surface area contributed by atoms with Crippen molar-refractivity contribution < 1.29 is 19.5 Å². The van der Waals surface area contributed by atoms with Crippen LogP contribution in [0.4, 0.5) is 5.69 Å². The number of benzene rings is 2. The molecule has 0 spiro atoms. The maximum absolute atomic E-state index is 12.6. The van der Waals surface area contributed by atoms with Gasteiger partial charge in [0.2, 0.25) is 5.91 Å². The zero-order chi connectivity index (χ0) is 19.1. The number of hydrogen-bond acceptors (Lipinski definition) is 3. The Labute approximate surface area is 152 Å². The van der Waals surface area contributed by atoms with E-state index in [0.717, 1.165) is 0 Å². The normalized spacial score (nSPS) is 11.7. The molecule has 2 rings (SSSR count). The van der Waals surface area contributed by atoms with Gasteiger partial charge < -0.3 is 15.7 Å². The lowest BCUT2D eigenvalue weighted by Crippen LogP contribution is -2.30. The minimum absolute atomic E-state index is 0.143. The first kappa shape index (κ1) is 19.2. The fraction of sp³-hybridized carbons (Fsp3) is 0.250. The van der Waals surface area contributed by atoms with Gasteiger partial charge in [-0.2, -0.15) is 0 Å². The van der Waals surface area contributed by atoms with Crippen molar-refractivity contribution in [3.8, 4) is 0 Å². The van der Waals surface area contributed by atoms with Crippen molar-refractivity contribution in [2.24, 2.45) is 5.92 Å². The van der Waals surface area contributed by atoms with Crippen LogP contribution < -0.4 is 10.6 Å². The van der Waals surface area contributed by atoms with Crippen LogP contribution in [0.5, 0.6) is 0 Å². The number of hydrogen-bond donors (Lipinski definition) is 3. The number of carbonyl (C=O) groups excluding carboxylic acids is 2. The van der Waals surface area contributed by atoms with Crippen LogP contribution in [-0.2, 0) is 9.59 Å². The molecule has 2 aromatic carbocycles. The summed E-state index contributed by atoms with van der Waals surface area (Å²) >= 11 is 0. The van der Waals surface area contributed by atoms with Crippen molar-refractivity contribution in [3.63, 3.8) is 0 Å². The second kappa shape index (κ2) is 8.80. The Morgan fingerprint density at radius 1 is 1.00 bits per heavy atom. The molecule has 0 heterocycles. The number of rotatable bonds is 7. The number of carboxylic acid groups (broad SMARTS) is 1. The van der Waals surface area contributed by atoms with Crippen LogP contribution in [-0.4, -0.2) is 22.9 Å². The van der Waals surface area contributed by atoms with E-state index < -0.39 is 17.9 Å². The van der Waals surface area contributed by atoms with Crippen molar-refractivity contribution in [2.75, 3.05) is 5.32 Å². The monoisotopic (exact) mass is 354 g/mol. The van der Waals surface area contributed by atoms with E-state index in [1.54, 1.807) is 62.4 Å². The Balaban J connectivity index is 2.16. The summed E-state index contributed by atoms with van der Waals surface area (Å²) < 4.78 is 0. The second-order valence-corrected chi connectivity index (χ2v) is 6.26. The fourth-order valence-electron chi connectivity index (χ4n) is 2.38. The average Bonchev–Trinajstić information content (AvgIpc) is 2.61. The molecule has 1 unspecified atom stereocenters. The third-order valence-corrected chi connectivity index (χ3v) is 3.80. The van der Waals surface area contributed by atoms with Crippen molar-refractivity contribution in [1.29, 1.82) is 0 Å². The molecule has 136 valence electrons. The predicted octanol–water partition coefficient (Wildman–Crippen LogP) is 3.23. The van der Waals surface area contributed by atoms with E-state index in [9.17, 15) is 14.4 Å². The van der Waals surface area contributed by atoms with Gasteiger partial charge in [0.05, 0.1) is 12.5 Å². The molecule has 0 bridgehead atoms. The molecule has 0 fully saturated rings. The highest BCUT2D eigenvalue weighted by Gasteiger charge is 2.19. The van der Waals surface area contributed by atoms with Gasteiger partial charge in [-0.25, -0.2) is 0 Å². The lowest BCUT2D eigenvalue weighted by atomic mass is 10.0. The molecule has 2 aromatic rings. The highest BCUT2D eigenvalue weighted by Crippen LogP contribution is 2.18. The molecular formula is C20H22N2O4. The van der Waals surface area contributed by atoms with Crippen molar-refractivity contribution in [1.82, 2.24) is 5.32 Å². The van der Waals surface area contributed by atoms with Gasteiger partial charge in [-0.05, 0) is 23.8 Å². The molecule has 6 nitrogen and oxygen atoms in total. The smallest absolute Gasteiger partial charge is 0.305 e. The van der Waals surface area contributed by atoms with E-state index in [4.69, 9.17) is 5.11 Å². The molecule has 26 heavy (non-hydrogen) atoms. The summed E-state index contributed by atoms with van der Waals surface area (Å²) in [6.07, 6.45) is -0.223. The van der Waals surface area contributed by atoms with Crippen molar-refractivity contribution in [2.45, 2.75) is 26.3 Å². The summed E-state index contributed by atoms with van der Waals surface area (Å²) in [5.41, 5.74) is 1.58. The Hall–Kier alpha value is -3.15. The summed E-state index contributed by atoms with van der Waals surface area (Å²) in [5.74, 6) is -1.72. The van der Waals surface area contributed by atoms with Crippen LogP contribution in [0.25, 0.3) is 0 Å². The van der Waals surface area contributed by atoms with Crippen LogP contribution in [0, 0.1) is 5.92 Å². The fourth-order valence-corrected chi connectivity index (χ4v) is 2.38. The molecule has 0 saturated carbocycles. The Morgan fingerprint density at radius 2 is 1.69 bits per heavy atom. The van der Waals surface area contributed by atoms with Crippen LogP contribution >= 0.6 is 0 Å². The minimum Gasteiger partial charge on any atom is -0.481 e. The Kier molecular flexibility index (Phi) is 6.49. The van der Waals surface area contributed by atoms with Crippen LogP contribution in [0.15, 0.2) is 54.6 Å². The molecule has 6 heteroatoms. The van der Waals surface area contributed by atoms with Gasteiger partial charge in [0, 0.05) is 17.2 Å². The molecule has 2 amide bonds. The van der Waals surface area contributed by atoms with Gasteiger partial charge in [-0.15, -0.1) is 0 Å². The number of aliphatic carboxylic acids is 1. The first-order chi connectivity index (χ1) is 12.4. The number of amides is 2. The summed E-state index contributed by atoms with van der Waals surface area (Å²) in [4.78, 5) is 35.5. The van der Waals surface area contributed by atoms with E-state index in [1.807, 2.05) is 6.07 Å². The van der Waals surface area contributed by atoms with E-state index in [0.29, 0.717) is 16.8 Å². The van der Waals surface area contributed by atoms with E-state index in [-0.39, 0.29) is 18.2 Å². The maximum Gasteiger partial charge on any atom is 0.305 e. The van der Waals surface area contributed by atoms with E-state index in [1.165, 1.54) is 0 Å². The molecule has 0 aromatic heterocycles. The van der Waals surface area contributed by atoms with Gasteiger partial charge in [0.15, 0.2) is 0 Å². The molecule has 0 aliphatic rings. The molecular weight excluding hydrogens is 332 g/mol. The lowest BCUT2D eigenvalue weighted by Gasteiger charge is -2.18. The minimum atomic E-state index is -1.00. The molecule has 0 aliphatic carbocycles. The number of anilines is 1. The second-order valence-electron chi connectivity index (χ2n) is 6.26. The summed E-state index contributed by atoms with van der Waals surface area (Å²) in [7, 11) is 0. The summed E-state index contributed by atoms with van der Waals surface area (Å²) in [6.45, 7) is 3.56. The lowest BCUT2D eigenvalue weighted by molar-refractivity contribution is -0.137. The molecule has 0 aliphatic heterocycles. The first-order valence-corrected chi connectivity index (χ1v) is 8.35. The van der Waals surface area contributed by atoms with Crippen LogP contribution in [0.2, 0.25) is 0 Å². The zero-order valence-corrected chi connectivity index (χ0v) is 14.7. The highest BCUT2D eigenvalue weighted by molar-refractivity contribution is 5.97. The van der Waals surface area contributed by atoms with Crippen molar-refractivity contribution in [3.05, 3.63) is 65.7 Å². The Bertz CT molecular complexity index is 787. The quantitative estimate of drug-likeness (QED) is 0.711.